The molecule has 0 bridgehead atoms. The van der Waals surface area contributed by atoms with Crippen LogP contribution in [-0.2, 0) is 0 Å². The second kappa shape index (κ2) is 13.6. The van der Waals surface area contributed by atoms with Crippen molar-refractivity contribution in [1.29, 1.82) is 10.5 Å². The number of rotatable bonds is 7. The Labute approximate surface area is 242 Å². The van der Waals surface area contributed by atoms with E-state index < -0.39 is 29.1 Å². The molecule has 0 unspecified atom stereocenters. The highest BCUT2D eigenvalue weighted by molar-refractivity contribution is 5.49. The third-order valence-corrected chi connectivity index (χ3v) is 4.73. The minimum atomic E-state index is -4.96. The van der Waals surface area contributed by atoms with Crippen molar-refractivity contribution in [2.45, 2.75) is 12.7 Å². The van der Waals surface area contributed by atoms with E-state index in [1.54, 1.807) is 12.1 Å². The van der Waals surface area contributed by atoms with Crippen LogP contribution in [0.2, 0.25) is 0 Å². The van der Waals surface area contributed by atoms with Crippen molar-refractivity contribution >= 4 is 11.4 Å². The van der Waals surface area contributed by atoms with Gasteiger partial charge in [0.1, 0.15) is 29.8 Å². The lowest BCUT2D eigenvalue weighted by Crippen LogP contribution is -2.17. The largest absolute Gasteiger partial charge is 0.573 e. The number of benzene rings is 2. The average molecular weight is 620 g/mol. The van der Waals surface area contributed by atoms with Gasteiger partial charge < -0.3 is 24.7 Å². The molecule has 2 N–H and O–H groups in total. The molecule has 0 saturated heterocycles. The molecule has 18 heteroatoms. The maximum absolute atomic E-state index is 12.3. The highest BCUT2D eigenvalue weighted by Gasteiger charge is 2.33. The van der Waals surface area contributed by atoms with Crippen LogP contribution in [0.4, 0.5) is 37.7 Å². The Morgan fingerprint density at radius 3 is 1.52 bits per heavy atom. The Hall–Kier alpha value is -6.30. The van der Waals surface area contributed by atoms with Crippen LogP contribution < -0.4 is 24.7 Å². The normalized spacial score (nSPS) is 10.7. The van der Waals surface area contributed by atoms with Gasteiger partial charge in [-0.1, -0.05) is 0 Å². The number of alkyl halides is 6. The molecule has 0 atom stereocenters. The summed E-state index contributed by atoms with van der Waals surface area (Å²) in [5.74, 6) is -1.32. The highest BCUT2D eigenvalue weighted by atomic mass is 19.4. The lowest BCUT2D eigenvalue weighted by Gasteiger charge is -2.12. The number of hydrogen-bond donors (Lipinski definition) is 1. The van der Waals surface area contributed by atoms with Crippen molar-refractivity contribution in [3.8, 4) is 46.9 Å². The van der Waals surface area contributed by atoms with Crippen molar-refractivity contribution < 1.29 is 50.2 Å². The summed E-state index contributed by atoms with van der Waals surface area (Å²) in [6.45, 7) is 0. The number of nitriles is 2. The number of ether oxygens (including phenoxy) is 4. The SMILES string of the molecule is N#Cc1ccc(Oc2ccc(N)cn2)cc1OC(F)(F)F.N#Cc1ccc(Oc2ccc([N+](=O)[O-])cn2)cc1OC(F)(F)F. The molecule has 226 valence electrons. The topological polar surface area (TPSA) is 179 Å². The first-order chi connectivity index (χ1) is 20.7. The van der Waals surface area contributed by atoms with Crippen LogP contribution in [0.1, 0.15) is 11.1 Å². The van der Waals surface area contributed by atoms with E-state index in [1.165, 1.54) is 36.5 Å². The second-order valence-corrected chi connectivity index (χ2v) is 7.88. The van der Waals surface area contributed by atoms with Crippen LogP contribution in [0, 0.1) is 32.8 Å². The molecule has 0 aliphatic rings. The molecule has 2 aromatic carbocycles. The average Bonchev–Trinajstić information content (AvgIpc) is 2.94. The lowest BCUT2D eigenvalue weighted by atomic mass is 10.2. The summed E-state index contributed by atoms with van der Waals surface area (Å²) < 4.78 is 91.6. The Morgan fingerprint density at radius 2 is 1.18 bits per heavy atom. The molecule has 0 fully saturated rings. The molecule has 0 amide bonds. The fourth-order valence-electron chi connectivity index (χ4n) is 2.97. The number of halogens is 6. The standard InChI is InChI=1S/C13H6F3N3O4.C13H8F3N3O2/c14-13(15,16)23-11-5-10(3-1-8(11)6-17)22-12-4-2-9(7-18-12)19(20)21;14-13(15,16)21-11-5-10(3-1-8(11)6-17)20-12-4-2-9(18)7-19-12/h1-5,7H;1-5,7H,18H2. The van der Waals surface area contributed by atoms with Crippen molar-refractivity contribution in [3.05, 3.63) is 94.3 Å². The summed E-state index contributed by atoms with van der Waals surface area (Å²) in [6.07, 6.45) is -7.59. The quantitative estimate of drug-likeness (QED) is 0.131. The maximum atomic E-state index is 12.3. The Morgan fingerprint density at radius 1 is 0.727 bits per heavy atom. The molecule has 0 aliphatic heterocycles. The van der Waals surface area contributed by atoms with Gasteiger partial charge in [-0.3, -0.25) is 10.1 Å². The molecular weight excluding hydrogens is 606 g/mol. The highest BCUT2D eigenvalue weighted by Crippen LogP contribution is 2.33. The zero-order valence-corrected chi connectivity index (χ0v) is 21.5. The summed E-state index contributed by atoms with van der Waals surface area (Å²) >= 11 is 0. The van der Waals surface area contributed by atoms with Gasteiger partial charge in [0.25, 0.3) is 5.69 Å². The van der Waals surface area contributed by atoms with Crippen molar-refractivity contribution in [2.75, 3.05) is 5.73 Å². The van der Waals surface area contributed by atoms with Crippen molar-refractivity contribution in [3.63, 3.8) is 0 Å². The van der Waals surface area contributed by atoms with Gasteiger partial charge in [0.05, 0.1) is 27.9 Å². The summed E-state index contributed by atoms with van der Waals surface area (Å²) in [7, 11) is 0. The number of pyridine rings is 2. The van der Waals surface area contributed by atoms with Gasteiger partial charge in [-0.05, 0) is 30.3 Å². The molecule has 44 heavy (non-hydrogen) atoms. The van der Waals surface area contributed by atoms with E-state index in [9.17, 15) is 36.5 Å². The molecule has 4 aromatic rings. The van der Waals surface area contributed by atoms with E-state index in [-0.39, 0.29) is 40.1 Å². The number of hydrogen-bond acceptors (Lipinski definition) is 11. The second-order valence-electron chi connectivity index (χ2n) is 7.88. The van der Waals surface area contributed by atoms with Crippen LogP contribution in [0.5, 0.6) is 34.8 Å². The molecule has 0 spiro atoms. The predicted molar refractivity (Wildman–Crippen MR) is 135 cm³/mol. The molecule has 2 aromatic heterocycles. The van der Waals surface area contributed by atoms with Crippen LogP contribution in [0.25, 0.3) is 0 Å². The molecule has 4 rings (SSSR count). The first-order valence-corrected chi connectivity index (χ1v) is 11.4. The Balaban J connectivity index is 0.000000241. The first-order valence-electron chi connectivity index (χ1n) is 11.4. The fraction of sp³-hybridized carbons (Fsp3) is 0.0769. The minimum absolute atomic E-state index is 0.0468. The van der Waals surface area contributed by atoms with E-state index in [1.807, 2.05) is 0 Å². The van der Waals surface area contributed by atoms with Crippen LogP contribution in [0.3, 0.4) is 0 Å². The number of nitro groups is 1. The Kier molecular flexibility index (Phi) is 9.94. The zero-order valence-electron chi connectivity index (χ0n) is 21.5. The van der Waals surface area contributed by atoms with E-state index >= 15 is 0 Å². The fourth-order valence-corrected chi connectivity index (χ4v) is 2.97. The Bertz CT molecular complexity index is 1700. The molecule has 0 saturated carbocycles. The zero-order chi connectivity index (χ0) is 32.5. The van der Waals surface area contributed by atoms with Gasteiger partial charge in [0, 0.05) is 30.3 Å². The molecule has 0 radical (unpaired) electrons. The number of nitrogen functional groups attached to an aromatic ring is 1. The van der Waals surface area contributed by atoms with E-state index in [0.717, 1.165) is 36.5 Å². The van der Waals surface area contributed by atoms with E-state index in [4.69, 9.17) is 25.7 Å². The number of nitrogens with two attached hydrogens (primary N) is 1. The van der Waals surface area contributed by atoms with Gasteiger partial charge in [-0.15, -0.1) is 26.3 Å². The van der Waals surface area contributed by atoms with Gasteiger partial charge in [-0.2, -0.15) is 10.5 Å². The molecular formula is C26H14F6N6O6. The number of aromatic nitrogens is 2. The van der Waals surface area contributed by atoms with Gasteiger partial charge in [0.15, 0.2) is 11.5 Å². The maximum Gasteiger partial charge on any atom is 0.573 e. The van der Waals surface area contributed by atoms with Gasteiger partial charge in [0.2, 0.25) is 11.8 Å². The smallest absolute Gasteiger partial charge is 0.439 e. The van der Waals surface area contributed by atoms with Crippen LogP contribution >= 0.6 is 0 Å². The molecule has 0 aliphatic carbocycles. The predicted octanol–water partition coefficient (Wildman–Crippen LogP) is 6.78. The summed E-state index contributed by atoms with van der Waals surface area (Å²) in [4.78, 5) is 17.3. The van der Waals surface area contributed by atoms with Crippen LogP contribution in [-0.4, -0.2) is 27.6 Å². The lowest BCUT2D eigenvalue weighted by molar-refractivity contribution is -0.385. The monoisotopic (exact) mass is 620 g/mol. The summed E-state index contributed by atoms with van der Waals surface area (Å²) in [5.41, 5.74) is 5.02. The van der Waals surface area contributed by atoms with Crippen LogP contribution in [0.15, 0.2) is 73.1 Å². The van der Waals surface area contributed by atoms with Crippen molar-refractivity contribution in [1.82, 2.24) is 9.97 Å². The van der Waals surface area contributed by atoms with E-state index in [0.29, 0.717) is 5.69 Å². The van der Waals surface area contributed by atoms with Gasteiger partial charge in [-0.25, -0.2) is 9.97 Å². The molecule has 12 nitrogen and oxygen atoms in total. The third kappa shape index (κ3) is 9.96. The van der Waals surface area contributed by atoms with Gasteiger partial charge >= 0.3 is 12.7 Å². The number of nitrogens with zero attached hydrogens (tertiary/aromatic N) is 5. The third-order valence-electron chi connectivity index (χ3n) is 4.73. The molecule has 2 heterocycles. The summed E-state index contributed by atoms with van der Waals surface area (Å²) in [5, 5.41) is 28.0. The van der Waals surface area contributed by atoms with E-state index in [2.05, 4.69) is 19.4 Å². The first kappa shape index (κ1) is 32.2. The number of anilines is 1. The summed E-state index contributed by atoms with van der Waals surface area (Å²) in [6, 6.07) is 15.1. The van der Waals surface area contributed by atoms with Crippen molar-refractivity contribution in [2.24, 2.45) is 0 Å². The minimum Gasteiger partial charge on any atom is -0.439 e.